The van der Waals surface area contributed by atoms with Crippen molar-refractivity contribution in [2.75, 3.05) is 0 Å². The van der Waals surface area contributed by atoms with Gasteiger partial charge in [0.15, 0.2) is 5.82 Å². The van der Waals surface area contributed by atoms with Gasteiger partial charge in [-0.2, -0.15) is 0 Å². The van der Waals surface area contributed by atoms with E-state index < -0.39 is 0 Å². The molecule has 0 bridgehead atoms. The van der Waals surface area contributed by atoms with Gasteiger partial charge in [0.1, 0.15) is 0 Å². The Labute approximate surface area is 268 Å². The molecule has 7 aromatic carbocycles. The highest BCUT2D eigenvalue weighted by Crippen LogP contribution is 2.44. The van der Waals surface area contributed by atoms with Gasteiger partial charge in [-0.25, -0.2) is 9.97 Å². The van der Waals surface area contributed by atoms with Crippen molar-refractivity contribution in [3.05, 3.63) is 152 Å². The molecule has 0 saturated carbocycles. The predicted molar refractivity (Wildman–Crippen MR) is 195 cm³/mol. The van der Waals surface area contributed by atoms with Crippen LogP contribution in [0.3, 0.4) is 0 Å². The van der Waals surface area contributed by atoms with Gasteiger partial charge in [0, 0.05) is 43.1 Å². The van der Waals surface area contributed by atoms with Gasteiger partial charge in [-0.15, -0.1) is 11.3 Å². The molecule has 0 radical (unpaired) electrons. The monoisotopic (exact) mass is 603 g/mol. The van der Waals surface area contributed by atoms with Crippen molar-refractivity contribution in [1.82, 2.24) is 14.5 Å². The van der Waals surface area contributed by atoms with Crippen molar-refractivity contribution in [2.45, 2.75) is 0 Å². The summed E-state index contributed by atoms with van der Waals surface area (Å²) in [5, 5.41) is 8.78. The van der Waals surface area contributed by atoms with Gasteiger partial charge in [-0.3, -0.25) is 0 Å². The second kappa shape index (κ2) is 9.83. The SMILES string of the molecule is c1ccc(-c2nc(-c3ccccc3)c3sc4ccc(-n5c6ccccc6c6c7ccccc7c7ccccc7c65)cc4c3n2)cc1. The molecule has 0 atom stereocenters. The van der Waals surface area contributed by atoms with Crippen LogP contribution in [0.25, 0.3) is 92.0 Å². The molecule has 3 nitrogen and oxygen atoms in total. The average Bonchev–Trinajstić information content (AvgIpc) is 3.68. The molecule has 0 spiro atoms. The molecule has 10 aromatic rings. The summed E-state index contributed by atoms with van der Waals surface area (Å²) in [5.74, 6) is 0.742. The first-order valence-electron chi connectivity index (χ1n) is 15.5. The van der Waals surface area contributed by atoms with Crippen molar-refractivity contribution >= 4 is 75.0 Å². The summed E-state index contributed by atoms with van der Waals surface area (Å²) in [5.41, 5.74) is 7.63. The third-order valence-corrected chi connectivity index (χ3v) is 10.3. The van der Waals surface area contributed by atoms with E-state index in [0.29, 0.717) is 0 Å². The molecule has 0 aliphatic heterocycles. The Bertz CT molecular complexity index is 2790. The predicted octanol–water partition coefficient (Wildman–Crippen LogP) is 11.6. The Morgan fingerprint density at radius 3 is 1.85 bits per heavy atom. The average molecular weight is 604 g/mol. The highest BCUT2D eigenvalue weighted by atomic mass is 32.1. The van der Waals surface area contributed by atoms with Crippen LogP contribution in [-0.2, 0) is 0 Å². The minimum Gasteiger partial charge on any atom is -0.309 e. The van der Waals surface area contributed by atoms with Crippen LogP contribution in [0, 0.1) is 0 Å². The molecule has 0 N–H and O–H groups in total. The van der Waals surface area contributed by atoms with Crippen molar-refractivity contribution < 1.29 is 0 Å². The molecule has 0 aliphatic rings. The molecule has 4 heteroatoms. The second-order valence-electron chi connectivity index (χ2n) is 11.8. The molecule has 0 saturated heterocycles. The van der Waals surface area contributed by atoms with Crippen LogP contribution in [0.2, 0.25) is 0 Å². The van der Waals surface area contributed by atoms with Gasteiger partial charge in [0.05, 0.1) is 26.9 Å². The number of aromatic nitrogens is 3. The van der Waals surface area contributed by atoms with Gasteiger partial charge in [-0.05, 0) is 40.4 Å². The van der Waals surface area contributed by atoms with E-state index in [9.17, 15) is 0 Å². The molecule has 46 heavy (non-hydrogen) atoms. The lowest BCUT2D eigenvalue weighted by molar-refractivity contribution is 1.19. The van der Waals surface area contributed by atoms with Gasteiger partial charge in [0.2, 0.25) is 0 Å². The lowest BCUT2D eigenvalue weighted by Gasteiger charge is -2.12. The highest BCUT2D eigenvalue weighted by Gasteiger charge is 2.21. The maximum atomic E-state index is 5.25. The van der Waals surface area contributed by atoms with Crippen LogP contribution in [0.4, 0.5) is 0 Å². The van der Waals surface area contributed by atoms with E-state index in [1.807, 2.05) is 18.2 Å². The zero-order valence-electron chi connectivity index (χ0n) is 24.7. The summed E-state index contributed by atoms with van der Waals surface area (Å²) < 4.78 is 4.77. The Hall–Kier alpha value is -5.84. The standard InChI is InChI=1S/C42H25N3S/c1-3-13-26(14-4-1)38-41-39(44-42(43-38)27-15-5-2-6-16-27)34-25-28(23-24-36(34)46-41)45-35-22-12-11-21-33(35)37-31-19-9-7-17-29(31)30-18-8-10-20-32(30)40(37)45/h1-25H. The van der Waals surface area contributed by atoms with Gasteiger partial charge >= 0.3 is 0 Å². The topological polar surface area (TPSA) is 30.7 Å². The number of fused-ring (bicyclic) bond motifs is 11. The highest BCUT2D eigenvalue weighted by molar-refractivity contribution is 7.26. The van der Waals surface area contributed by atoms with Crippen molar-refractivity contribution in [3.8, 4) is 28.3 Å². The second-order valence-corrected chi connectivity index (χ2v) is 12.8. The van der Waals surface area contributed by atoms with Crippen LogP contribution >= 0.6 is 11.3 Å². The van der Waals surface area contributed by atoms with Crippen molar-refractivity contribution in [2.24, 2.45) is 0 Å². The van der Waals surface area contributed by atoms with E-state index in [1.54, 1.807) is 11.3 Å². The maximum Gasteiger partial charge on any atom is 0.160 e. The lowest BCUT2D eigenvalue weighted by atomic mass is 9.97. The minimum absolute atomic E-state index is 0.742. The summed E-state index contributed by atoms with van der Waals surface area (Å²) in [6.45, 7) is 0. The molecule has 214 valence electrons. The van der Waals surface area contributed by atoms with Gasteiger partial charge in [0.25, 0.3) is 0 Å². The fourth-order valence-electron chi connectivity index (χ4n) is 7.18. The maximum absolute atomic E-state index is 5.25. The molecule has 10 rings (SSSR count). The molecule has 0 fully saturated rings. The van der Waals surface area contributed by atoms with Gasteiger partial charge in [-0.1, -0.05) is 127 Å². The number of hydrogen-bond acceptors (Lipinski definition) is 3. The Kier molecular flexibility index (Phi) is 5.45. The van der Waals surface area contributed by atoms with E-state index in [1.165, 1.54) is 48.1 Å². The van der Waals surface area contributed by atoms with E-state index in [0.717, 1.165) is 43.9 Å². The van der Waals surface area contributed by atoms with E-state index in [4.69, 9.17) is 9.97 Å². The van der Waals surface area contributed by atoms with E-state index >= 15 is 0 Å². The first-order chi connectivity index (χ1) is 22.8. The van der Waals surface area contributed by atoms with E-state index in [2.05, 4.69) is 138 Å². The van der Waals surface area contributed by atoms with Crippen LogP contribution < -0.4 is 0 Å². The molecule has 3 aromatic heterocycles. The summed E-state index contributed by atoms with van der Waals surface area (Å²) in [6, 6.07) is 54.1. The molecule has 0 aliphatic carbocycles. The zero-order chi connectivity index (χ0) is 30.2. The summed E-state index contributed by atoms with van der Waals surface area (Å²) in [6.07, 6.45) is 0. The van der Waals surface area contributed by atoms with Crippen LogP contribution in [-0.4, -0.2) is 14.5 Å². The summed E-state index contributed by atoms with van der Waals surface area (Å²) in [4.78, 5) is 10.4. The molecule has 0 amide bonds. The van der Waals surface area contributed by atoms with Crippen molar-refractivity contribution in [1.29, 1.82) is 0 Å². The number of thiophene rings is 1. The summed E-state index contributed by atoms with van der Waals surface area (Å²) >= 11 is 1.77. The number of benzene rings is 7. The lowest BCUT2D eigenvalue weighted by Crippen LogP contribution is -1.95. The number of hydrogen-bond donors (Lipinski definition) is 0. The Balaban J connectivity index is 1.33. The number of rotatable bonds is 3. The third-order valence-electron chi connectivity index (χ3n) is 9.18. The third kappa shape index (κ3) is 3.65. The quantitative estimate of drug-likeness (QED) is 0.188. The fourth-order valence-corrected chi connectivity index (χ4v) is 8.31. The Morgan fingerprint density at radius 1 is 0.478 bits per heavy atom. The largest absolute Gasteiger partial charge is 0.309 e. The Morgan fingerprint density at radius 2 is 1.09 bits per heavy atom. The smallest absolute Gasteiger partial charge is 0.160 e. The minimum atomic E-state index is 0.742. The number of nitrogens with zero attached hydrogens (tertiary/aromatic N) is 3. The van der Waals surface area contributed by atoms with Crippen LogP contribution in [0.5, 0.6) is 0 Å². The molecule has 0 unspecified atom stereocenters. The number of para-hydroxylation sites is 1. The summed E-state index contributed by atoms with van der Waals surface area (Å²) in [7, 11) is 0. The molecular formula is C42H25N3S. The van der Waals surface area contributed by atoms with E-state index in [-0.39, 0.29) is 0 Å². The normalized spacial score (nSPS) is 11.9. The molecular weight excluding hydrogens is 579 g/mol. The van der Waals surface area contributed by atoms with Gasteiger partial charge < -0.3 is 4.57 Å². The van der Waals surface area contributed by atoms with Crippen molar-refractivity contribution in [3.63, 3.8) is 0 Å². The first-order valence-corrected chi connectivity index (χ1v) is 16.3. The van der Waals surface area contributed by atoms with Crippen LogP contribution in [0.1, 0.15) is 0 Å². The van der Waals surface area contributed by atoms with Crippen LogP contribution in [0.15, 0.2) is 152 Å². The fraction of sp³-hybridized carbons (Fsp3) is 0. The first kappa shape index (κ1) is 25.5. The molecule has 3 heterocycles. The zero-order valence-corrected chi connectivity index (χ0v) is 25.5.